The van der Waals surface area contributed by atoms with E-state index in [1.54, 1.807) is 6.07 Å². The smallest absolute Gasteiger partial charge is 0.333 e. The van der Waals surface area contributed by atoms with E-state index in [0.717, 1.165) is 0 Å². The molecule has 3 N–H and O–H groups in total. The van der Waals surface area contributed by atoms with Crippen molar-refractivity contribution in [3.63, 3.8) is 0 Å². The summed E-state index contributed by atoms with van der Waals surface area (Å²) in [7, 11) is -2.29. The summed E-state index contributed by atoms with van der Waals surface area (Å²) in [5.41, 5.74) is -0.0579. The Hall–Kier alpha value is -1.87. The molecule has 0 aromatic heterocycles. The second-order valence-electron chi connectivity index (χ2n) is 3.41. The van der Waals surface area contributed by atoms with Gasteiger partial charge in [-0.1, -0.05) is 6.07 Å². The van der Waals surface area contributed by atoms with Crippen LogP contribution < -0.4 is 15.2 Å². The number of nitro groups is 1. The number of nitro benzene ring substituents is 1. The maximum atomic E-state index is 10.9. The van der Waals surface area contributed by atoms with Gasteiger partial charge in [-0.2, -0.15) is 0 Å². The summed E-state index contributed by atoms with van der Waals surface area (Å²) in [6.07, 6.45) is 0. The Kier molecular flexibility index (Phi) is 4.45. The van der Waals surface area contributed by atoms with Crippen molar-refractivity contribution in [3.8, 4) is 5.75 Å². The standard InChI is InChI=1S/C9H13N3O5S/c1-17-8-4-2-3-7(9(8)12(13)14)11-5-6-18(10,15)16/h2-4,11H,5-6H2,1H3,(H2,10,15,16). The summed E-state index contributed by atoms with van der Waals surface area (Å²) >= 11 is 0. The molecule has 0 bridgehead atoms. The normalized spacial score (nSPS) is 11.0. The van der Waals surface area contributed by atoms with Crippen molar-refractivity contribution < 1.29 is 18.1 Å². The summed E-state index contributed by atoms with van der Waals surface area (Å²) in [5, 5.41) is 18.4. The van der Waals surface area contributed by atoms with Crippen molar-refractivity contribution in [2.75, 3.05) is 24.7 Å². The Labute approximate surface area is 104 Å². The molecule has 0 saturated heterocycles. The van der Waals surface area contributed by atoms with Gasteiger partial charge in [0.1, 0.15) is 5.69 Å². The monoisotopic (exact) mass is 275 g/mol. The lowest BCUT2D eigenvalue weighted by molar-refractivity contribution is -0.384. The average Bonchev–Trinajstić information content (AvgIpc) is 2.26. The number of methoxy groups -OCH3 is 1. The average molecular weight is 275 g/mol. The molecule has 0 spiro atoms. The molecular weight excluding hydrogens is 262 g/mol. The Bertz CT molecular complexity index is 543. The van der Waals surface area contributed by atoms with Crippen LogP contribution in [0.3, 0.4) is 0 Å². The number of ether oxygens (including phenoxy) is 1. The molecule has 0 heterocycles. The zero-order valence-corrected chi connectivity index (χ0v) is 10.4. The molecule has 0 aliphatic rings. The zero-order chi connectivity index (χ0) is 13.8. The summed E-state index contributed by atoms with van der Waals surface area (Å²) < 4.78 is 26.4. The van der Waals surface area contributed by atoms with Crippen LogP contribution in [0.1, 0.15) is 0 Å². The Morgan fingerprint density at radius 1 is 1.50 bits per heavy atom. The number of para-hydroxylation sites is 1. The lowest BCUT2D eigenvalue weighted by Crippen LogP contribution is -2.22. The molecule has 0 radical (unpaired) electrons. The third kappa shape index (κ3) is 3.86. The molecular formula is C9H13N3O5S. The van der Waals surface area contributed by atoms with Crippen LogP contribution in [0, 0.1) is 10.1 Å². The Balaban J connectivity index is 2.92. The van der Waals surface area contributed by atoms with Crippen LogP contribution in [-0.4, -0.2) is 32.7 Å². The number of sulfonamides is 1. The molecule has 1 rings (SSSR count). The van der Waals surface area contributed by atoms with Crippen LogP contribution >= 0.6 is 0 Å². The van der Waals surface area contributed by atoms with Crippen LogP contribution in [-0.2, 0) is 10.0 Å². The minimum Gasteiger partial charge on any atom is -0.490 e. The first kappa shape index (κ1) is 14.2. The fourth-order valence-corrected chi connectivity index (χ4v) is 1.73. The second kappa shape index (κ2) is 5.65. The van der Waals surface area contributed by atoms with E-state index in [-0.39, 0.29) is 29.4 Å². The largest absolute Gasteiger partial charge is 0.490 e. The topological polar surface area (TPSA) is 125 Å². The minimum atomic E-state index is -3.61. The van der Waals surface area contributed by atoms with Crippen molar-refractivity contribution in [3.05, 3.63) is 28.3 Å². The third-order valence-corrected chi connectivity index (χ3v) is 2.88. The van der Waals surface area contributed by atoms with Crippen LogP contribution in [0.4, 0.5) is 11.4 Å². The van der Waals surface area contributed by atoms with Crippen LogP contribution in [0.15, 0.2) is 18.2 Å². The number of nitrogens with two attached hydrogens (primary N) is 1. The highest BCUT2D eigenvalue weighted by molar-refractivity contribution is 7.89. The fraction of sp³-hybridized carbons (Fsp3) is 0.333. The summed E-state index contributed by atoms with van der Waals surface area (Å²) in [4.78, 5) is 10.3. The molecule has 0 amide bonds. The van der Waals surface area contributed by atoms with Gasteiger partial charge in [0.15, 0.2) is 5.75 Å². The molecule has 0 aliphatic carbocycles. The van der Waals surface area contributed by atoms with Crippen molar-refractivity contribution in [2.24, 2.45) is 5.14 Å². The van der Waals surface area contributed by atoms with Crippen LogP contribution in [0.25, 0.3) is 0 Å². The molecule has 8 nitrogen and oxygen atoms in total. The number of nitrogens with zero attached hydrogens (tertiary/aromatic N) is 1. The molecule has 100 valence electrons. The van der Waals surface area contributed by atoms with Gasteiger partial charge in [-0.15, -0.1) is 0 Å². The van der Waals surface area contributed by atoms with Gasteiger partial charge < -0.3 is 10.1 Å². The summed E-state index contributed by atoms with van der Waals surface area (Å²) in [5.74, 6) is -0.220. The quantitative estimate of drug-likeness (QED) is 0.568. The first-order valence-electron chi connectivity index (χ1n) is 4.91. The van der Waals surface area contributed by atoms with E-state index in [1.165, 1.54) is 19.2 Å². The van der Waals surface area contributed by atoms with Crippen molar-refractivity contribution in [1.82, 2.24) is 0 Å². The van der Waals surface area contributed by atoms with Gasteiger partial charge >= 0.3 is 5.69 Å². The van der Waals surface area contributed by atoms with Gasteiger partial charge in [-0.3, -0.25) is 10.1 Å². The highest BCUT2D eigenvalue weighted by Gasteiger charge is 2.20. The van der Waals surface area contributed by atoms with Gasteiger partial charge in [0.2, 0.25) is 10.0 Å². The van der Waals surface area contributed by atoms with E-state index in [4.69, 9.17) is 9.88 Å². The highest BCUT2D eigenvalue weighted by Crippen LogP contribution is 2.34. The zero-order valence-electron chi connectivity index (χ0n) is 9.62. The minimum absolute atomic E-state index is 0.0210. The number of hydrogen-bond donors (Lipinski definition) is 2. The maximum absolute atomic E-state index is 10.9. The molecule has 0 saturated carbocycles. The van der Waals surface area contributed by atoms with E-state index in [2.05, 4.69) is 5.32 Å². The third-order valence-electron chi connectivity index (χ3n) is 2.10. The Morgan fingerprint density at radius 3 is 2.67 bits per heavy atom. The molecule has 9 heteroatoms. The Morgan fingerprint density at radius 2 is 2.17 bits per heavy atom. The predicted molar refractivity (Wildman–Crippen MR) is 66.1 cm³/mol. The SMILES string of the molecule is COc1cccc(NCCS(N)(=O)=O)c1[N+](=O)[O-]. The van der Waals surface area contributed by atoms with Gasteiger partial charge in [-0.05, 0) is 12.1 Å². The van der Waals surface area contributed by atoms with E-state index >= 15 is 0 Å². The number of benzene rings is 1. The van der Waals surface area contributed by atoms with E-state index in [9.17, 15) is 18.5 Å². The molecule has 0 atom stereocenters. The number of primary sulfonamides is 1. The number of nitrogens with one attached hydrogen (secondary N) is 1. The van der Waals surface area contributed by atoms with Gasteiger partial charge in [0, 0.05) is 6.54 Å². The predicted octanol–water partition coefficient (Wildman–Crippen LogP) is 0.304. The van der Waals surface area contributed by atoms with Crippen molar-refractivity contribution in [2.45, 2.75) is 0 Å². The second-order valence-corrected chi connectivity index (χ2v) is 5.14. The van der Waals surface area contributed by atoms with E-state index < -0.39 is 14.9 Å². The molecule has 18 heavy (non-hydrogen) atoms. The fourth-order valence-electron chi connectivity index (χ4n) is 1.35. The van der Waals surface area contributed by atoms with E-state index in [0.29, 0.717) is 0 Å². The summed E-state index contributed by atoms with van der Waals surface area (Å²) in [6, 6.07) is 4.47. The highest BCUT2D eigenvalue weighted by atomic mass is 32.2. The first-order chi connectivity index (χ1) is 8.35. The molecule has 0 aliphatic heterocycles. The molecule has 1 aromatic rings. The first-order valence-corrected chi connectivity index (χ1v) is 6.62. The summed E-state index contributed by atoms with van der Waals surface area (Å²) in [6.45, 7) is -0.0210. The maximum Gasteiger partial charge on any atom is 0.333 e. The molecule has 0 unspecified atom stereocenters. The van der Waals surface area contributed by atoms with Crippen molar-refractivity contribution in [1.29, 1.82) is 0 Å². The van der Waals surface area contributed by atoms with Crippen molar-refractivity contribution >= 4 is 21.4 Å². The molecule has 1 aromatic carbocycles. The number of hydrogen-bond acceptors (Lipinski definition) is 6. The number of anilines is 1. The van der Waals surface area contributed by atoms with Gasteiger partial charge in [-0.25, -0.2) is 13.6 Å². The van der Waals surface area contributed by atoms with Gasteiger partial charge in [0.05, 0.1) is 17.8 Å². The van der Waals surface area contributed by atoms with Crippen LogP contribution in [0.2, 0.25) is 0 Å². The lowest BCUT2D eigenvalue weighted by Gasteiger charge is -2.08. The van der Waals surface area contributed by atoms with Crippen LogP contribution in [0.5, 0.6) is 5.75 Å². The molecule has 0 fully saturated rings. The lowest BCUT2D eigenvalue weighted by atomic mass is 10.2. The van der Waals surface area contributed by atoms with E-state index in [1.807, 2.05) is 0 Å². The van der Waals surface area contributed by atoms with Gasteiger partial charge in [0.25, 0.3) is 0 Å². The number of rotatable bonds is 6.